The van der Waals surface area contributed by atoms with Gasteiger partial charge in [0, 0.05) is 30.4 Å². The lowest BCUT2D eigenvalue weighted by Gasteiger charge is -2.29. The van der Waals surface area contributed by atoms with E-state index in [0.717, 1.165) is 42.9 Å². The smallest absolute Gasteiger partial charge is 0.0782 e. The zero-order valence-corrected chi connectivity index (χ0v) is 11.2. The molecule has 2 aromatic rings. The third kappa shape index (κ3) is 2.14. The van der Waals surface area contributed by atoms with Crippen molar-refractivity contribution in [3.63, 3.8) is 0 Å². The molecule has 18 heavy (non-hydrogen) atoms. The number of halogens is 2. The Kier molecular flexibility index (Phi) is 3.29. The lowest BCUT2D eigenvalue weighted by molar-refractivity contribution is 0.122. The molecule has 0 radical (unpaired) electrons. The number of pyridine rings is 1. The normalized spacial score (nSPS) is 16.2. The molecule has 0 N–H and O–H groups in total. The number of rotatable bonds is 1. The molecule has 0 bridgehead atoms. The molecule has 94 valence electrons. The van der Waals surface area contributed by atoms with Crippen molar-refractivity contribution < 1.29 is 4.74 Å². The molecule has 5 heteroatoms. The van der Waals surface area contributed by atoms with Crippen LogP contribution in [0.25, 0.3) is 10.9 Å². The van der Waals surface area contributed by atoms with Crippen molar-refractivity contribution in [3.8, 4) is 0 Å². The first-order valence-corrected chi connectivity index (χ1v) is 6.58. The summed E-state index contributed by atoms with van der Waals surface area (Å²) in [6, 6.07) is 6.08. The second-order valence-electron chi connectivity index (χ2n) is 4.22. The van der Waals surface area contributed by atoms with Gasteiger partial charge in [-0.2, -0.15) is 0 Å². The van der Waals surface area contributed by atoms with E-state index in [-0.39, 0.29) is 0 Å². The van der Waals surface area contributed by atoms with Crippen molar-refractivity contribution in [2.45, 2.75) is 0 Å². The Bertz CT molecular complexity index is 582. The minimum absolute atomic E-state index is 0.489. The van der Waals surface area contributed by atoms with Crippen LogP contribution in [0.5, 0.6) is 0 Å². The lowest BCUT2D eigenvalue weighted by Crippen LogP contribution is -2.36. The molecular weight excluding hydrogens is 271 g/mol. The summed E-state index contributed by atoms with van der Waals surface area (Å²) in [5, 5.41) is 1.95. The van der Waals surface area contributed by atoms with Gasteiger partial charge in [-0.1, -0.05) is 23.2 Å². The van der Waals surface area contributed by atoms with Crippen LogP contribution in [-0.2, 0) is 4.74 Å². The number of fused-ring (bicyclic) bond motifs is 1. The van der Waals surface area contributed by atoms with Gasteiger partial charge in [-0.25, -0.2) is 0 Å². The van der Waals surface area contributed by atoms with E-state index in [1.165, 1.54) is 0 Å². The minimum Gasteiger partial charge on any atom is -0.378 e. The maximum absolute atomic E-state index is 6.22. The average molecular weight is 283 g/mol. The predicted molar refractivity (Wildman–Crippen MR) is 74.8 cm³/mol. The fraction of sp³-hybridized carbons (Fsp3) is 0.308. The van der Waals surface area contributed by atoms with Crippen molar-refractivity contribution in [2.24, 2.45) is 0 Å². The summed E-state index contributed by atoms with van der Waals surface area (Å²) < 4.78 is 5.35. The molecule has 3 nitrogen and oxygen atoms in total. The Morgan fingerprint density at radius 2 is 1.94 bits per heavy atom. The van der Waals surface area contributed by atoms with E-state index in [1.807, 2.05) is 12.1 Å². The van der Waals surface area contributed by atoms with Gasteiger partial charge in [0.1, 0.15) is 0 Å². The van der Waals surface area contributed by atoms with Crippen LogP contribution in [0.15, 0.2) is 24.4 Å². The first-order chi connectivity index (χ1) is 8.75. The summed E-state index contributed by atoms with van der Waals surface area (Å²) in [7, 11) is 0. The lowest BCUT2D eigenvalue weighted by atomic mass is 10.2. The standard InChI is InChI=1S/C13H12Cl2N2O/c14-11-8-16-12-2-1-9(7-10(12)13(11)15)17-3-5-18-6-4-17/h1-2,7-8H,3-6H2. The van der Waals surface area contributed by atoms with Gasteiger partial charge in [0.05, 0.1) is 28.8 Å². The highest BCUT2D eigenvalue weighted by Crippen LogP contribution is 2.31. The summed E-state index contributed by atoms with van der Waals surface area (Å²) in [4.78, 5) is 6.55. The molecule has 2 heterocycles. The van der Waals surface area contributed by atoms with Crippen LogP contribution in [0.2, 0.25) is 10.0 Å². The SMILES string of the molecule is Clc1cnc2ccc(N3CCOCC3)cc2c1Cl. The molecule has 0 atom stereocenters. The van der Waals surface area contributed by atoms with Crippen LogP contribution in [0.1, 0.15) is 0 Å². The van der Waals surface area contributed by atoms with Crippen LogP contribution in [0, 0.1) is 0 Å². The molecule has 1 aliphatic rings. The number of anilines is 1. The largest absolute Gasteiger partial charge is 0.378 e. The highest BCUT2D eigenvalue weighted by Gasteiger charge is 2.13. The maximum Gasteiger partial charge on any atom is 0.0782 e. The first-order valence-electron chi connectivity index (χ1n) is 5.82. The molecule has 0 spiro atoms. The molecule has 0 unspecified atom stereocenters. The first kappa shape index (κ1) is 12.0. The molecule has 1 aromatic carbocycles. The van der Waals surface area contributed by atoms with E-state index in [2.05, 4.69) is 16.0 Å². The molecule has 1 aliphatic heterocycles. The molecular formula is C13H12Cl2N2O. The van der Waals surface area contributed by atoms with E-state index in [0.29, 0.717) is 10.0 Å². The molecule has 1 saturated heterocycles. The van der Waals surface area contributed by atoms with Crippen LogP contribution < -0.4 is 4.90 Å². The van der Waals surface area contributed by atoms with Crippen LogP contribution in [-0.4, -0.2) is 31.3 Å². The van der Waals surface area contributed by atoms with Gasteiger partial charge in [-0.3, -0.25) is 4.98 Å². The molecule has 1 aromatic heterocycles. The van der Waals surface area contributed by atoms with E-state index >= 15 is 0 Å². The van der Waals surface area contributed by atoms with Crippen LogP contribution >= 0.6 is 23.2 Å². The topological polar surface area (TPSA) is 25.4 Å². The van der Waals surface area contributed by atoms with Gasteiger partial charge in [0.25, 0.3) is 0 Å². The van der Waals surface area contributed by atoms with Crippen molar-refractivity contribution >= 4 is 39.8 Å². The summed E-state index contributed by atoms with van der Waals surface area (Å²) in [5.74, 6) is 0. The molecule has 0 saturated carbocycles. The molecule has 0 amide bonds. The van der Waals surface area contributed by atoms with Gasteiger partial charge >= 0.3 is 0 Å². The third-order valence-corrected chi connectivity index (χ3v) is 3.91. The summed E-state index contributed by atoms with van der Waals surface area (Å²) in [5.41, 5.74) is 2.00. The molecule has 1 fully saturated rings. The van der Waals surface area contributed by atoms with Gasteiger partial charge in [-0.05, 0) is 18.2 Å². The Morgan fingerprint density at radius 3 is 2.72 bits per heavy atom. The number of aromatic nitrogens is 1. The molecule has 0 aliphatic carbocycles. The number of hydrogen-bond donors (Lipinski definition) is 0. The van der Waals surface area contributed by atoms with E-state index in [1.54, 1.807) is 6.20 Å². The maximum atomic E-state index is 6.22. The van der Waals surface area contributed by atoms with Gasteiger partial charge < -0.3 is 9.64 Å². The number of hydrogen-bond acceptors (Lipinski definition) is 3. The summed E-state index contributed by atoms with van der Waals surface area (Å²) >= 11 is 12.2. The molecule has 3 rings (SSSR count). The quantitative estimate of drug-likeness (QED) is 0.802. The number of benzene rings is 1. The zero-order chi connectivity index (χ0) is 12.5. The van der Waals surface area contributed by atoms with Crippen molar-refractivity contribution in [1.29, 1.82) is 0 Å². The second-order valence-corrected chi connectivity index (χ2v) is 5.01. The summed E-state index contributed by atoms with van der Waals surface area (Å²) in [6.45, 7) is 3.33. The van der Waals surface area contributed by atoms with Crippen LogP contribution in [0.4, 0.5) is 5.69 Å². The second kappa shape index (κ2) is 4.92. The fourth-order valence-electron chi connectivity index (χ4n) is 2.14. The Hall–Kier alpha value is -1.03. The number of nitrogens with zero attached hydrogens (tertiary/aromatic N) is 2. The van der Waals surface area contributed by atoms with E-state index in [9.17, 15) is 0 Å². The van der Waals surface area contributed by atoms with Gasteiger partial charge in [-0.15, -0.1) is 0 Å². The van der Waals surface area contributed by atoms with Crippen LogP contribution in [0.3, 0.4) is 0 Å². The van der Waals surface area contributed by atoms with Crippen molar-refractivity contribution in [3.05, 3.63) is 34.4 Å². The predicted octanol–water partition coefficient (Wildman–Crippen LogP) is 3.38. The van der Waals surface area contributed by atoms with Crippen molar-refractivity contribution in [2.75, 3.05) is 31.2 Å². The third-order valence-electron chi connectivity index (χ3n) is 3.12. The Balaban J connectivity index is 2.06. The van der Waals surface area contributed by atoms with E-state index in [4.69, 9.17) is 27.9 Å². The summed E-state index contributed by atoms with van der Waals surface area (Å²) in [6.07, 6.45) is 1.58. The highest BCUT2D eigenvalue weighted by molar-refractivity contribution is 6.45. The fourth-order valence-corrected chi connectivity index (χ4v) is 2.49. The van der Waals surface area contributed by atoms with Gasteiger partial charge in [0.2, 0.25) is 0 Å². The minimum atomic E-state index is 0.489. The van der Waals surface area contributed by atoms with Gasteiger partial charge in [0.15, 0.2) is 0 Å². The Morgan fingerprint density at radius 1 is 1.17 bits per heavy atom. The average Bonchev–Trinajstić information content (AvgIpc) is 2.44. The van der Waals surface area contributed by atoms with E-state index < -0.39 is 0 Å². The zero-order valence-electron chi connectivity index (χ0n) is 9.70. The highest BCUT2D eigenvalue weighted by atomic mass is 35.5. The van der Waals surface area contributed by atoms with Crippen molar-refractivity contribution in [1.82, 2.24) is 4.98 Å². The number of morpholine rings is 1. The Labute approximate surface area is 115 Å². The number of ether oxygens (including phenoxy) is 1. The monoisotopic (exact) mass is 282 g/mol.